The van der Waals surface area contributed by atoms with Gasteiger partial charge >= 0.3 is 0 Å². The van der Waals surface area contributed by atoms with Crippen LogP contribution in [0.4, 0.5) is 0 Å². The number of hydrogen-bond acceptors (Lipinski definition) is 3. The van der Waals surface area contributed by atoms with Crippen LogP contribution in [0.2, 0.25) is 0 Å². The Labute approximate surface area is 143 Å². The number of benzene rings is 1. The fourth-order valence-electron chi connectivity index (χ4n) is 2.99. The summed E-state index contributed by atoms with van der Waals surface area (Å²) in [6, 6.07) is 8.63. The summed E-state index contributed by atoms with van der Waals surface area (Å²) in [5.41, 5.74) is 2.56. The Kier molecular flexibility index (Phi) is 5.13. The van der Waals surface area contributed by atoms with E-state index in [2.05, 4.69) is 70.1 Å². The topological polar surface area (TPSA) is 58.3 Å². The molecule has 6 nitrogen and oxygen atoms in total. The van der Waals surface area contributed by atoms with Crippen LogP contribution in [0.1, 0.15) is 36.1 Å². The van der Waals surface area contributed by atoms with Crippen LogP contribution < -0.4 is 5.32 Å². The van der Waals surface area contributed by atoms with Gasteiger partial charge < -0.3 is 14.8 Å². The van der Waals surface area contributed by atoms with E-state index in [-0.39, 0.29) is 0 Å². The molecule has 1 aromatic carbocycles. The molecule has 0 saturated carbocycles. The molecule has 2 heterocycles. The highest BCUT2D eigenvalue weighted by Crippen LogP contribution is 2.14. The molecular weight excluding hydrogens is 300 g/mol. The molecule has 128 valence electrons. The summed E-state index contributed by atoms with van der Waals surface area (Å²) in [7, 11) is 2.07. The molecule has 0 radical (unpaired) electrons. The highest BCUT2D eigenvalue weighted by atomic mass is 15.3. The van der Waals surface area contributed by atoms with E-state index in [1.807, 2.05) is 0 Å². The fraction of sp³-hybridized carbons (Fsp3) is 0.500. The Bertz CT molecular complexity index is 701. The van der Waals surface area contributed by atoms with Crippen molar-refractivity contribution in [3.05, 3.63) is 47.0 Å². The average Bonchev–Trinajstić information content (AvgIpc) is 3.17. The summed E-state index contributed by atoms with van der Waals surface area (Å²) in [6.45, 7) is 7.44. The maximum atomic E-state index is 4.76. The van der Waals surface area contributed by atoms with Crippen molar-refractivity contribution in [1.29, 1.82) is 0 Å². The fourth-order valence-corrected chi connectivity index (χ4v) is 2.99. The first kappa shape index (κ1) is 16.5. The Morgan fingerprint density at radius 3 is 2.83 bits per heavy atom. The predicted molar refractivity (Wildman–Crippen MR) is 95.8 cm³/mol. The second kappa shape index (κ2) is 7.47. The second-order valence-electron chi connectivity index (χ2n) is 6.30. The molecule has 0 aliphatic carbocycles. The number of rotatable bonds is 5. The number of guanidine groups is 1. The highest BCUT2D eigenvalue weighted by molar-refractivity contribution is 5.79. The van der Waals surface area contributed by atoms with Crippen LogP contribution in [0.25, 0.3) is 0 Å². The molecule has 0 atom stereocenters. The first-order valence-electron chi connectivity index (χ1n) is 8.63. The van der Waals surface area contributed by atoms with E-state index < -0.39 is 0 Å². The standard InChI is InChI=1S/C18H26N6/c1-4-19-18(23(3)13-15-9-7-14(2)8-10-15)20-12-17-22-21-16-6-5-11-24(16)17/h7-10H,4-6,11-13H2,1-3H3,(H,19,20). The third-order valence-corrected chi connectivity index (χ3v) is 4.29. The van der Waals surface area contributed by atoms with Crippen molar-refractivity contribution in [2.24, 2.45) is 4.99 Å². The van der Waals surface area contributed by atoms with Crippen molar-refractivity contribution >= 4 is 5.96 Å². The predicted octanol–water partition coefficient (Wildman–Crippen LogP) is 2.13. The maximum absolute atomic E-state index is 4.76. The van der Waals surface area contributed by atoms with Gasteiger partial charge in [0.2, 0.25) is 0 Å². The van der Waals surface area contributed by atoms with Gasteiger partial charge in [-0.2, -0.15) is 0 Å². The summed E-state index contributed by atoms with van der Waals surface area (Å²) < 4.78 is 2.20. The van der Waals surface area contributed by atoms with Gasteiger partial charge in [0.15, 0.2) is 11.8 Å². The molecule has 24 heavy (non-hydrogen) atoms. The SMILES string of the molecule is CCNC(=NCc1nnc2n1CCC2)N(C)Cc1ccc(C)cc1. The highest BCUT2D eigenvalue weighted by Gasteiger charge is 2.17. The van der Waals surface area contributed by atoms with Crippen molar-refractivity contribution in [1.82, 2.24) is 25.0 Å². The van der Waals surface area contributed by atoms with Gasteiger partial charge in [0.1, 0.15) is 12.4 Å². The zero-order chi connectivity index (χ0) is 16.9. The Balaban J connectivity index is 1.69. The van der Waals surface area contributed by atoms with Crippen LogP contribution in [0.15, 0.2) is 29.3 Å². The molecule has 0 fully saturated rings. The molecule has 3 rings (SSSR count). The minimum absolute atomic E-state index is 0.563. The monoisotopic (exact) mass is 326 g/mol. The van der Waals surface area contributed by atoms with Crippen LogP contribution in [0.3, 0.4) is 0 Å². The lowest BCUT2D eigenvalue weighted by atomic mass is 10.1. The van der Waals surface area contributed by atoms with Gasteiger partial charge in [-0.3, -0.25) is 0 Å². The van der Waals surface area contributed by atoms with E-state index in [4.69, 9.17) is 4.99 Å². The lowest BCUT2D eigenvalue weighted by Crippen LogP contribution is -2.38. The van der Waals surface area contributed by atoms with Crippen LogP contribution in [-0.4, -0.2) is 39.2 Å². The molecule has 1 aliphatic heterocycles. The zero-order valence-electron chi connectivity index (χ0n) is 14.8. The Morgan fingerprint density at radius 2 is 2.08 bits per heavy atom. The number of nitrogens with one attached hydrogen (secondary N) is 1. The van der Waals surface area contributed by atoms with Crippen molar-refractivity contribution in [3.8, 4) is 0 Å². The lowest BCUT2D eigenvalue weighted by molar-refractivity contribution is 0.476. The van der Waals surface area contributed by atoms with Gasteiger partial charge in [-0.05, 0) is 25.8 Å². The van der Waals surface area contributed by atoms with E-state index in [1.54, 1.807) is 0 Å². The number of fused-ring (bicyclic) bond motifs is 1. The molecule has 1 aromatic heterocycles. The molecule has 0 saturated heterocycles. The first-order chi connectivity index (χ1) is 11.7. The van der Waals surface area contributed by atoms with E-state index in [0.717, 1.165) is 50.1 Å². The number of nitrogens with zero attached hydrogens (tertiary/aromatic N) is 5. The number of aryl methyl sites for hydroxylation is 2. The molecule has 0 unspecified atom stereocenters. The summed E-state index contributed by atoms with van der Waals surface area (Å²) in [5, 5.41) is 11.9. The summed E-state index contributed by atoms with van der Waals surface area (Å²) in [5.74, 6) is 2.95. The first-order valence-corrected chi connectivity index (χ1v) is 8.63. The Morgan fingerprint density at radius 1 is 1.29 bits per heavy atom. The van der Waals surface area contributed by atoms with E-state index >= 15 is 0 Å². The largest absolute Gasteiger partial charge is 0.357 e. The van der Waals surface area contributed by atoms with E-state index in [9.17, 15) is 0 Å². The number of aromatic nitrogens is 3. The number of hydrogen-bond donors (Lipinski definition) is 1. The lowest BCUT2D eigenvalue weighted by Gasteiger charge is -2.22. The van der Waals surface area contributed by atoms with Crippen molar-refractivity contribution in [2.45, 2.75) is 46.3 Å². The van der Waals surface area contributed by atoms with Gasteiger partial charge in [0, 0.05) is 33.1 Å². The quantitative estimate of drug-likeness (QED) is 0.675. The normalized spacial score (nSPS) is 13.9. The molecule has 1 aliphatic rings. The molecule has 0 spiro atoms. The molecule has 0 bridgehead atoms. The second-order valence-corrected chi connectivity index (χ2v) is 6.30. The zero-order valence-corrected chi connectivity index (χ0v) is 14.8. The van der Waals surface area contributed by atoms with E-state index in [0.29, 0.717) is 6.54 Å². The third-order valence-electron chi connectivity index (χ3n) is 4.29. The van der Waals surface area contributed by atoms with Crippen molar-refractivity contribution in [2.75, 3.05) is 13.6 Å². The average molecular weight is 326 g/mol. The van der Waals surface area contributed by atoms with Gasteiger partial charge in [-0.25, -0.2) is 4.99 Å². The van der Waals surface area contributed by atoms with Crippen LogP contribution >= 0.6 is 0 Å². The maximum Gasteiger partial charge on any atom is 0.194 e. The molecule has 2 aromatic rings. The minimum Gasteiger partial charge on any atom is -0.357 e. The van der Waals surface area contributed by atoms with Gasteiger partial charge in [0.05, 0.1) is 0 Å². The molecule has 6 heteroatoms. The van der Waals surface area contributed by atoms with Crippen LogP contribution in [0, 0.1) is 6.92 Å². The van der Waals surface area contributed by atoms with E-state index in [1.165, 1.54) is 11.1 Å². The van der Waals surface area contributed by atoms with Gasteiger partial charge in [-0.1, -0.05) is 29.8 Å². The van der Waals surface area contributed by atoms with Crippen molar-refractivity contribution < 1.29 is 0 Å². The smallest absolute Gasteiger partial charge is 0.194 e. The summed E-state index contributed by atoms with van der Waals surface area (Å²) in [4.78, 5) is 6.90. The summed E-state index contributed by atoms with van der Waals surface area (Å²) >= 11 is 0. The minimum atomic E-state index is 0.563. The van der Waals surface area contributed by atoms with Gasteiger partial charge in [-0.15, -0.1) is 10.2 Å². The van der Waals surface area contributed by atoms with Gasteiger partial charge in [0.25, 0.3) is 0 Å². The molecule has 1 N–H and O–H groups in total. The Hall–Kier alpha value is -2.37. The van der Waals surface area contributed by atoms with Crippen LogP contribution in [-0.2, 0) is 26.1 Å². The molecule has 0 amide bonds. The van der Waals surface area contributed by atoms with Crippen molar-refractivity contribution in [3.63, 3.8) is 0 Å². The summed E-state index contributed by atoms with van der Waals surface area (Å²) in [6.07, 6.45) is 2.19. The number of aliphatic imine (C=N–C) groups is 1. The van der Waals surface area contributed by atoms with Crippen LogP contribution in [0.5, 0.6) is 0 Å². The third kappa shape index (κ3) is 3.75. The molecular formula is C18H26N6.